The number of thioether (sulfide) groups is 1. The van der Waals surface area contributed by atoms with E-state index in [4.69, 9.17) is 0 Å². The van der Waals surface area contributed by atoms with Gasteiger partial charge in [0, 0.05) is 11.7 Å². The van der Waals surface area contributed by atoms with Crippen molar-refractivity contribution in [2.45, 2.75) is 76.4 Å². The first-order chi connectivity index (χ1) is 12.8. The number of nitrogens with zero attached hydrogens (tertiary/aromatic N) is 3. The number of amides is 1. The summed E-state index contributed by atoms with van der Waals surface area (Å²) >= 11 is 1.47. The Hall–Kier alpha value is -1.82. The van der Waals surface area contributed by atoms with E-state index < -0.39 is 0 Å². The zero-order valence-corrected chi connectivity index (χ0v) is 17.6. The molecule has 1 fully saturated rings. The van der Waals surface area contributed by atoms with Crippen molar-refractivity contribution in [2.75, 3.05) is 11.1 Å². The van der Waals surface area contributed by atoms with Gasteiger partial charge in [0.05, 0.1) is 5.75 Å². The van der Waals surface area contributed by atoms with E-state index in [0.29, 0.717) is 11.8 Å². The number of carbonyl (C=O) groups is 1. The second-order valence-corrected chi connectivity index (χ2v) is 9.30. The first kappa shape index (κ1) is 19.9. The van der Waals surface area contributed by atoms with Crippen LogP contribution in [0.5, 0.6) is 0 Å². The Morgan fingerprint density at radius 1 is 1.15 bits per heavy atom. The first-order valence-electron chi connectivity index (χ1n) is 9.79. The lowest BCUT2D eigenvalue weighted by Crippen LogP contribution is -2.17. The molecule has 27 heavy (non-hydrogen) atoms. The third kappa shape index (κ3) is 5.12. The highest BCUT2D eigenvalue weighted by Crippen LogP contribution is 2.32. The maximum Gasteiger partial charge on any atom is 0.234 e. The van der Waals surface area contributed by atoms with E-state index in [9.17, 15) is 4.79 Å². The molecule has 0 aliphatic heterocycles. The topological polar surface area (TPSA) is 59.8 Å². The van der Waals surface area contributed by atoms with E-state index in [2.05, 4.69) is 53.0 Å². The fourth-order valence-electron chi connectivity index (χ4n) is 3.59. The van der Waals surface area contributed by atoms with Gasteiger partial charge in [-0.05, 0) is 42.9 Å². The van der Waals surface area contributed by atoms with E-state index in [0.717, 1.165) is 16.7 Å². The minimum atomic E-state index is -0.0145. The summed E-state index contributed by atoms with van der Waals surface area (Å²) in [5.41, 5.74) is 2.20. The number of rotatable bonds is 5. The Bertz CT molecular complexity index is 770. The largest absolute Gasteiger partial charge is 0.325 e. The van der Waals surface area contributed by atoms with Gasteiger partial charge in [0.2, 0.25) is 5.91 Å². The van der Waals surface area contributed by atoms with Gasteiger partial charge in [0.25, 0.3) is 0 Å². The fraction of sp³-hybridized carbons (Fsp3) is 0.571. The van der Waals surface area contributed by atoms with Crippen LogP contribution < -0.4 is 5.32 Å². The van der Waals surface area contributed by atoms with Crippen molar-refractivity contribution in [3.05, 3.63) is 35.7 Å². The van der Waals surface area contributed by atoms with Crippen LogP contribution in [0, 0.1) is 6.92 Å². The van der Waals surface area contributed by atoms with E-state index in [-0.39, 0.29) is 11.3 Å². The maximum absolute atomic E-state index is 12.4. The molecular weight excluding hydrogens is 356 g/mol. The molecule has 0 bridgehead atoms. The molecule has 0 atom stereocenters. The number of nitrogens with one attached hydrogen (secondary N) is 1. The molecule has 1 aromatic heterocycles. The van der Waals surface area contributed by atoms with Gasteiger partial charge >= 0.3 is 0 Å². The molecular formula is C21H30N4OS. The van der Waals surface area contributed by atoms with Crippen LogP contribution in [0.25, 0.3) is 0 Å². The zero-order valence-electron chi connectivity index (χ0n) is 16.8. The summed E-state index contributed by atoms with van der Waals surface area (Å²) in [6, 6.07) is 8.57. The number of hydrogen-bond acceptors (Lipinski definition) is 4. The van der Waals surface area contributed by atoms with Crippen molar-refractivity contribution in [2.24, 2.45) is 0 Å². The number of benzene rings is 1. The third-order valence-electron chi connectivity index (χ3n) is 5.14. The number of hydrogen-bond donors (Lipinski definition) is 1. The van der Waals surface area contributed by atoms with E-state index in [1.807, 2.05) is 19.1 Å². The molecule has 0 spiro atoms. The molecule has 0 unspecified atom stereocenters. The van der Waals surface area contributed by atoms with Crippen molar-refractivity contribution in [1.29, 1.82) is 0 Å². The van der Waals surface area contributed by atoms with Crippen molar-refractivity contribution in [3.63, 3.8) is 0 Å². The number of carbonyl (C=O) groups excluding carboxylic acids is 1. The quantitative estimate of drug-likeness (QED) is 0.725. The molecule has 1 amide bonds. The van der Waals surface area contributed by atoms with Crippen LogP contribution in [0.4, 0.5) is 5.69 Å². The highest BCUT2D eigenvalue weighted by molar-refractivity contribution is 7.99. The summed E-state index contributed by atoms with van der Waals surface area (Å²) < 4.78 is 2.23. The Kier molecular flexibility index (Phi) is 6.25. The molecule has 6 heteroatoms. The molecule has 1 aliphatic rings. The number of anilines is 1. The lowest BCUT2D eigenvalue weighted by atomic mass is 9.87. The van der Waals surface area contributed by atoms with Gasteiger partial charge in [0.1, 0.15) is 5.82 Å². The summed E-state index contributed by atoms with van der Waals surface area (Å²) in [4.78, 5) is 12.4. The summed E-state index contributed by atoms with van der Waals surface area (Å²) in [6.07, 6.45) is 6.20. The second-order valence-electron chi connectivity index (χ2n) is 8.36. The maximum atomic E-state index is 12.4. The minimum absolute atomic E-state index is 0.0145. The van der Waals surface area contributed by atoms with Crippen LogP contribution in [0.3, 0.4) is 0 Å². The Morgan fingerprint density at radius 2 is 1.81 bits per heavy atom. The standard InChI is InChI=1S/C21H30N4OS/c1-15-23-24-20(25(15)18-8-6-5-7-9-18)27-14-19(26)22-17-12-10-16(11-13-17)21(2,3)4/h10-13,18H,5-9,14H2,1-4H3,(H,22,26). The second kappa shape index (κ2) is 8.46. The van der Waals surface area contributed by atoms with Crippen LogP contribution in [0.15, 0.2) is 29.4 Å². The fourth-order valence-corrected chi connectivity index (χ4v) is 4.44. The highest BCUT2D eigenvalue weighted by atomic mass is 32.2. The number of aromatic nitrogens is 3. The van der Waals surface area contributed by atoms with E-state index >= 15 is 0 Å². The minimum Gasteiger partial charge on any atom is -0.325 e. The van der Waals surface area contributed by atoms with Crippen molar-refractivity contribution in [1.82, 2.24) is 14.8 Å². The smallest absolute Gasteiger partial charge is 0.234 e. The van der Waals surface area contributed by atoms with Crippen LogP contribution in [0.2, 0.25) is 0 Å². The molecule has 3 rings (SSSR count). The lowest BCUT2D eigenvalue weighted by Gasteiger charge is -2.24. The summed E-state index contributed by atoms with van der Waals surface area (Å²) in [5, 5.41) is 12.4. The van der Waals surface area contributed by atoms with Gasteiger partial charge in [-0.2, -0.15) is 0 Å². The molecule has 0 radical (unpaired) electrons. The molecule has 1 saturated carbocycles. The van der Waals surface area contributed by atoms with Crippen molar-refractivity contribution in [3.8, 4) is 0 Å². The van der Waals surface area contributed by atoms with E-state index in [1.54, 1.807) is 0 Å². The molecule has 1 N–H and O–H groups in total. The predicted molar refractivity (Wildman–Crippen MR) is 111 cm³/mol. The molecule has 0 saturated heterocycles. The van der Waals surface area contributed by atoms with Crippen molar-refractivity contribution < 1.29 is 4.79 Å². The van der Waals surface area contributed by atoms with Gasteiger partial charge < -0.3 is 9.88 Å². The molecule has 5 nitrogen and oxygen atoms in total. The zero-order chi connectivity index (χ0) is 19.4. The van der Waals surface area contributed by atoms with Gasteiger partial charge in [-0.1, -0.05) is 63.9 Å². The first-order valence-corrected chi connectivity index (χ1v) is 10.8. The molecule has 146 valence electrons. The van der Waals surface area contributed by atoms with Gasteiger partial charge in [-0.25, -0.2) is 0 Å². The van der Waals surface area contributed by atoms with E-state index in [1.165, 1.54) is 49.4 Å². The summed E-state index contributed by atoms with van der Waals surface area (Å²) in [5.74, 6) is 1.27. The molecule has 1 heterocycles. The molecule has 1 aromatic carbocycles. The van der Waals surface area contributed by atoms with Gasteiger partial charge in [-0.3, -0.25) is 4.79 Å². The Balaban J connectivity index is 1.58. The SMILES string of the molecule is Cc1nnc(SCC(=O)Nc2ccc(C(C)(C)C)cc2)n1C1CCCCC1. The molecule has 1 aliphatic carbocycles. The summed E-state index contributed by atoms with van der Waals surface area (Å²) in [6.45, 7) is 8.55. The Morgan fingerprint density at radius 3 is 2.44 bits per heavy atom. The van der Waals surface area contributed by atoms with Gasteiger partial charge in [0.15, 0.2) is 5.16 Å². The van der Waals surface area contributed by atoms with Crippen LogP contribution in [-0.2, 0) is 10.2 Å². The summed E-state index contributed by atoms with van der Waals surface area (Å²) in [7, 11) is 0. The number of aryl methyl sites for hydroxylation is 1. The Labute approximate surface area is 166 Å². The average Bonchev–Trinajstić information content (AvgIpc) is 3.01. The third-order valence-corrected chi connectivity index (χ3v) is 6.08. The average molecular weight is 387 g/mol. The van der Waals surface area contributed by atoms with Gasteiger partial charge in [-0.15, -0.1) is 10.2 Å². The lowest BCUT2D eigenvalue weighted by molar-refractivity contribution is -0.113. The van der Waals surface area contributed by atoms with Crippen molar-refractivity contribution >= 4 is 23.4 Å². The predicted octanol–water partition coefficient (Wildman–Crippen LogP) is 5.12. The highest BCUT2D eigenvalue weighted by Gasteiger charge is 2.22. The molecule has 2 aromatic rings. The van der Waals surface area contributed by atoms with Crippen LogP contribution in [0.1, 0.15) is 70.3 Å². The monoisotopic (exact) mass is 386 g/mol. The van der Waals surface area contributed by atoms with Crippen LogP contribution >= 0.6 is 11.8 Å². The van der Waals surface area contributed by atoms with Crippen LogP contribution in [-0.4, -0.2) is 26.4 Å². The normalized spacial score (nSPS) is 15.7.